The van der Waals surface area contributed by atoms with Gasteiger partial charge in [0, 0.05) is 28.0 Å². The minimum absolute atomic E-state index is 0.000811. The summed E-state index contributed by atoms with van der Waals surface area (Å²) >= 11 is 1.58. The molecule has 1 aromatic heterocycles. The Morgan fingerprint density at radius 2 is 1.95 bits per heavy atom. The summed E-state index contributed by atoms with van der Waals surface area (Å²) in [5.41, 5.74) is 0.585. The fourth-order valence-electron chi connectivity index (χ4n) is 9.47. The fourth-order valence-corrected chi connectivity index (χ4v) is 10.5. The van der Waals surface area contributed by atoms with Gasteiger partial charge >= 0.3 is 0 Å². The van der Waals surface area contributed by atoms with Crippen LogP contribution in [0.3, 0.4) is 0 Å². The molecule has 3 N–H and O–H groups in total. The van der Waals surface area contributed by atoms with Crippen LogP contribution >= 0.6 is 11.3 Å². The maximum atomic E-state index is 13.7. The Balaban J connectivity index is 1.18. The summed E-state index contributed by atoms with van der Waals surface area (Å²) < 4.78 is 13.3. The number of ether oxygens (including phenoxy) is 2. The van der Waals surface area contributed by atoms with Gasteiger partial charge in [-0.25, -0.2) is 0 Å². The number of thiophene rings is 1. The maximum absolute atomic E-state index is 13.7. The van der Waals surface area contributed by atoms with Crippen LogP contribution < -0.4 is 0 Å². The lowest BCUT2D eigenvalue weighted by molar-refractivity contribution is -0.200. The van der Waals surface area contributed by atoms with Crippen molar-refractivity contribution in [3.63, 3.8) is 0 Å². The number of aliphatic hydroxyl groups is 3. The molecule has 3 saturated carbocycles. The molecule has 2 aromatic rings. The third kappa shape index (κ3) is 3.96. The van der Waals surface area contributed by atoms with Crippen molar-refractivity contribution in [2.24, 2.45) is 28.6 Å². The minimum atomic E-state index is -1.35. The van der Waals surface area contributed by atoms with E-state index in [4.69, 9.17) is 9.47 Å². The molecule has 9 atom stereocenters. The zero-order valence-electron chi connectivity index (χ0n) is 24.0. The van der Waals surface area contributed by atoms with Crippen LogP contribution in [0.5, 0.6) is 0 Å². The number of carbonyl (C=O) groups is 2. The molecule has 4 aliphatic carbocycles. The monoisotopic (exact) mass is 590 g/mol. The van der Waals surface area contributed by atoms with Gasteiger partial charge in [-0.1, -0.05) is 49.8 Å². The van der Waals surface area contributed by atoms with Crippen LogP contribution in [0.2, 0.25) is 0 Å². The SMILES string of the molecule is C[C@]12C=CC(=O)C=C1CC[C@@H]1[C@@H]2[C@@H](O)C[C@@]2(C)[C@H]1C[C@H]1O[C@@H](c3ccc(Cc4cccc(CO)c4)s3)O[C@]12C(=O)CO. The van der Waals surface area contributed by atoms with Crippen molar-refractivity contribution in [2.75, 3.05) is 6.61 Å². The third-order valence-corrected chi connectivity index (χ3v) is 12.4. The van der Waals surface area contributed by atoms with Crippen LogP contribution in [0.1, 0.15) is 66.7 Å². The third-order valence-electron chi connectivity index (χ3n) is 11.3. The largest absolute Gasteiger partial charge is 0.393 e. The van der Waals surface area contributed by atoms with Crippen LogP contribution in [-0.2, 0) is 32.1 Å². The highest BCUT2D eigenvalue weighted by atomic mass is 32.1. The lowest BCUT2D eigenvalue weighted by Gasteiger charge is -2.59. The van der Waals surface area contributed by atoms with E-state index in [0.29, 0.717) is 19.3 Å². The number of allylic oxidation sites excluding steroid dienone is 4. The Kier molecular flexibility index (Phi) is 6.77. The summed E-state index contributed by atoms with van der Waals surface area (Å²) in [5.74, 6) is -0.257. The average molecular weight is 591 g/mol. The second kappa shape index (κ2) is 10.0. The van der Waals surface area contributed by atoms with Crippen molar-refractivity contribution in [2.45, 2.75) is 76.7 Å². The number of Topliss-reactive ketones (excluding diaryl/α,β-unsaturated/α-hetero) is 1. The summed E-state index contributed by atoms with van der Waals surface area (Å²) in [7, 11) is 0. The van der Waals surface area contributed by atoms with Gasteiger partial charge in [-0.15, -0.1) is 11.3 Å². The number of hydrogen-bond donors (Lipinski definition) is 3. The molecule has 7 nitrogen and oxygen atoms in total. The average Bonchev–Trinajstić information content (AvgIpc) is 3.65. The van der Waals surface area contributed by atoms with E-state index < -0.39 is 41.5 Å². The van der Waals surface area contributed by atoms with E-state index in [1.54, 1.807) is 23.5 Å². The molecule has 0 unspecified atom stereocenters. The number of ketones is 2. The molecule has 8 heteroatoms. The van der Waals surface area contributed by atoms with Gasteiger partial charge in [0.25, 0.3) is 0 Å². The normalized spacial score (nSPS) is 40.2. The maximum Gasteiger partial charge on any atom is 0.194 e. The molecule has 1 aliphatic heterocycles. The number of aliphatic hydroxyl groups excluding tert-OH is 3. The number of carbonyl (C=O) groups excluding carboxylic acids is 2. The Bertz CT molecular complexity index is 1490. The molecule has 7 rings (SSSR count). The van der Waals surface area contributed by atoms with Gasteiger partial charge in [-0.2, -0.15) is 0 Å². The standard InChI is InChI=1S/C34H38O7S/c1-32-11-10-22(37)14-21(32)6-8-24-25-15-29-34(28(39)18-36,33(25,2)16-26(38)30(24)32)41-31(40-29)27-9-7-23(42-27)13-19-4-3-5-20(12-19)17-35/h3-5,7,9-12,14,24-26,29-31,35-36,38H,6,8,13,15-18H2,1-2H3/t24-,25-,26-,29+,30+,31+,32-,33-,34+/m0/s1. The second-order valence-electron chi connectivity index (χ2n) is 13.3. The van der Waals surface area contributed by atoms with Gasteiger partial charge in [0.2, 0.25) is 0 Å². The molecule has 0 spiro atoms. The molecule has 1 aromatic carbocycles. The molecule has 42 heavy (non-hydrogen) atoms. The van der Waals surface area contributed by atoms with E-state index in [1.165, 1.54) is 0 Å². The molecule has 1 saturated heterocycles. The van der Waals surface area contributed by atoms with E-state index >= 15 is 0 Å². The molecule has 0 amide bonds. The van der Waals surface area contributed by atoms with Crippen molar-refractivity contribution in [1.29, 1.82) is 0 Å². The Morgan fingerprint density at radius 1 is 1.14 bits per heavy atom. The number of fused-ring (bicyclic) bond motifs is 7. The van der Waals surface area contributed by atoms with E-state index in [-0.39, 0.29) is 35.9 Å². The highest BCUT2D eigenvalue weighted by molar-refractivity contribution is 7.12. The summed E-state index contributed by atoms with van der Waals surface area (Å²) in [6.07, 6.45) is 6.70. The van der Waals surface area contributed by atoms with Crippen LogP contribution in [0, 0.1) is 28.6 Å². The molecule has 2 heterocycles. The Hall–Kier alpha value is -2.46. The van der Waals surface area contributed by atoms with Crippen molar-refractivity contribution in [3.05, 3.63) is 81.1 Å². The van der Waals surface area contributed by atoms with Gasteiger partial charge in [-0.05, 0) is 72.9 Å². The molecular weight excluding hydrogens is 552 g/mol. The van der Waals surface area contributed by atoms with Crippen molar-refractivity contribution in [1.82, 2.24) is 0 Å². The van der Waals surface area contributed by atoms with E-state index in [9.17, 15) is 24.9 Å². The summed E-state index contributed by atoms with van der Waals surface area (Å²) in [6.45, 7) is 3.54. The zero-order valence-corrected chi connectivity index (χ0v) is 24.8. The van der Waals surface area contributed by atoms with Gasteiger partial charge in [0.15, 0.2) is 23.5 Å². The predicted octanol–water partition coefficient (Wildman–Crippen LogP) is 4.43. The Labute approximate surface area is 249 Å². The first-order chi connectivity index (χ1) is 20.1. The van der Waals surface area contributed by atoms with E-state index in [1.807, 2.05) is 42.5 Å². The number of hydrogen-bond acceptors (Lipinski definition) is 8. The van der Waals surface area contributed by atoms with Gasteiger partial charge in [-0.3, -0.25) is 9.59 Å². The van der Waals surface area contributed by atoms with Crippen LogP contribution in [0.15, 0.2) is 60.2 Å². The zero-order chi connectivity index (χ0) is 29.4. The highest BCUT2D eigenvalue weighted by Crippen LogP contribution is 2.70. The van der Waals surface area contributed by atoms with Crippen LogP contribution in [-0.4, -0.2) is 51.3 Å². The first-order valence-corrected chi connectivity index (χ1v) is 15.8. The molecular formula is C34H38O7S. The first kappa shape index (κ1) is 28.3. The second-order valence-corrected chi connectivity index (χ2v) is 14.5. The molecule has 4 fully saturated rings. The van der Waals surface area contributed by atoms with E-state index in [2.05, 4.69) is 13.8 Å². The number of rotatable bonds is 6. The smallest absolute Gasteiger partial charge is 0.194 e. The van der Waals surface area contributed by atoms with Gasteiger partial charge < -0.3 is 24.8 Å². The fraction of sp³-hybridized carbons (Fsp3) is 0.529. The molecule has 5 aliphatic rings. The lowest BCUT2D eigenvalue weighted by atomic mass is 9.46. The van der Waals surface area contributed by atoms with E-state index in [0.717, 1.165) is 39.3 Å². The first-order valence-electron chi connectivity index (χ1n) is 15.0. The van der Waals surface area contributed by atoms with Crippen LogP contribution in [0.4, 0.5) is 0 Å². The van der Waals surface area contributed by atoms with Gasteiger partial charge in [0.1, 0.15) is 6.61 Å². The highest BCUT2D eigenvalue weighted by Gasteiger charge is 2.76. The van der Waals surface area contributed by atoms with Crippen molar-refractivity contribution in [3.8, 4) is 0 Å². The Morgan fingerprint density at radius 3 is 2.74 bits per heavy atom. The molecule has 0 radical (unpaired) electrons. The number of benzene rings is 1. The van der Waals surface area contributed by atoms with Crippen LogP contribution in [0.25, 0.3) is 0 Å². The summed E-state index contributed by atoms with van der Waals surface area (Å²) in [4.78, 5) is 27.9. The van der Waals surface area contributed by atoms with Crippen molar-refractivity contribution < 1.29 is 34.4 Å². The van der Waals surface area contributed by atoms with Gasteiger partial charge in [0.05, 0.1) is 23.7 Å². The minimum Gasteiger partial charge on any atom is -0.393 e. The topological polar surface area (TPSA) is 113 Å². The predicted molar refractivity (Wildman–Crippen MR) is 156 cm³/mol. The molecule has 0 bridgehead atoms. The lowest BCUT2D eigenvalue weighted by Crippen LogP contribution is -2.63. The summed E-state index contributed by atoms with van der Waals surface area (Å²) in [5, 5.41) is 31.5. The molecule has 222 valence electrons. The van der Waals surface area contributed by atoms with Crippen molar-refractivity contribution >= 4 is 22.9 Å². The summed E-state index contributed by atoms with van der Waals surface area (Å²) in [6, 6.07) is 11.9. The quantitative estimate of drug-likeness (QED) is 0.456.